The summed E-state index contributed by atoms with van der Waals surface area (Å²) in [4.78, 5) is 12.5. The Kier molecular flexibility index (Phi) is 5.69. The van der Waals surface area contributed by atoms with Crippen LogP contribution in [0.4, 0.5) is 0 Å². The van der Waals surface area contributed by atoms with E-state index in [4.69, 9.17) is 4.74 Å². The van der Waals surface area contributed by atoms with Gasteiger partial charge in [0.15, 0.2) is 0 Å². The molecule has 1 unspecified atom stereocenters. The predicted octanol–water partition coefficient (Wildman–Crippen LogP) is 4.78. The first-order valence-corrected chi connectivity index (χ1v) is 9.10. The molecule has 1 amide bonds. The molecule has 1 fully saturated rings. The van der Waals surface area contributed by atoms with Crippen LogP contribution in [0.25, 0.3) is 10.8 Å². The molecule has 25 heavy (non-hydrogen) atoms. The highest BCUT2D eigenvalue weighted by Crippen LogP contribution is 2.25. The summed E-state index contributed by atoms with van der Waals surface area (Å²) in [5.74, 6) is 0.552. The molecule has 1 aliphatic carbocycles. The van der Waals surface area contributed by atoms with Gasteiger partial charge in [-0.15, -0.1) is 0 Å². The number of fused-ring (bicyclic) bond motifs is 1. The Morgan fingerprint density at radius 1 is 1.04 bits per heavy atom. The molecular weight excluding hydrogens is 312 g/mol. The smallest absolute Gasteiger partial charge is 0.247 e. The van der Waals surface area contributed by atoms with Crippen molar-refractivity contribution in [1.29, 1.82) is 0 Å². The van der Waals surface area contributed by atoms with Crippen LogP contribution in [0, 0.1) is 0 Å². The molecule has 4 heteroatoms. The van der Waals surface area contributed by atoms with E-state index in [2.05, 4.69) is 16.6 Å². The number of carbonyl (C=O) groups excluding carboxylic acids is 1. The molecule has 0 heterocycles. The van der Waals surface area contributed by atoms with Gasteiger partial charge in [0.05, 0.1) is 13.0 Å². The van der Waals surface area contributed by atoms with Crippen LogP contribution in [0.3, 0.4) is 0 Å². The SMILES string of the molecule is COc1ccc2cc(C(C)C(=O)NN=C3CCCCCC3)ccc2c1. The van der Waals surface area contributed by atoms with Crippen LogP contribution < -0.4 is 10.2 Å². The van der Waals surface area contributed by atoms with Crippen molar-refractivity contribution in [3.8, 4) is 5.75 Å². The zero-order valence-electron chi connectivity index (χ0n) is 15.0. The number of ether oxygens (including phenoxy) is 1. The summed E-state index contributed by atoms with van der Waals surface area (Å²) in [5, 5.41) is 6.59. The summed E-state index contributed by atoms with van der Waals surface area (Å²) < 4.78 is 5.26. The minimum absolute atomic E-state index is 0.0513. The fourth-order valence-corrected chi connectivity index (χ4v) is 3.27. The first-order valence-electron chi connectivity index (χ1n) is 9.10. The molecule has 0 aliphatic heterocycles. The van der Waals surface area contributed by atoms with E-state index in [0.717, 1.165) is 40.6 Å². The van der Waals surface area contributed by atoms with Gasteiger partial charge in [-0.05, 0) is 61.1 Å². The van der Waals surface area contributed by atoms with Gasteiger partial charge in [-0.3, -0.25) is 4.79 Å². The second-order valence-electron chi connectivity index (χ2n) is 6.76. The standard InChI is InChI=1S/C21H26N2O2/c1-15(21(24)23-22-19-7-5-3-4-6-8-19)16-9-10-18-14-20(25-2)12-11-17(18)13-16/h9-15H,3-8H2,1-2H3,(H,23,24). The molecule has 0 aromatic heterocycles. The lowest BCUT2D eigenvalue weighted by Crippen LogP contribution is -2.24. The third-order valence-corrected chi connectivity index (χ3v) is 4.97. The number of nitrogens with zero attached hydrogens (tertiary/aromatic N) is 1. The predicted molar refractivity (Wildman–Crippen MR) is 102 cm³/mol. The highest BCUT2D eigenvalue weighted by atomic mass is 16.5. The highest BCUT2D eigenvalue weighted by Gasteiger charge is 2.16. The van der Waals surface area contributed by atoms with Crippen molar-refractivity contribution >= 4 is 22.4 Å². The summed E-state index contributed by atoms with van der Waals surface area (Å²) in [6.45, 7) is 1.92. The lowest BCUT2D eigenvalue weighted by atomic mass is 9.97. The maximum Gasteiger partial charge on any atom is 0.247 e. The van der Waals surface area contributed by atoms with E-state index >= 15 is 0 Å². The molecule has 1 N–H and O–H groups in total. The Hall–Kier alpha value is -2.36. The zero-order valence-corrected chi connectivity index (χ0v) is 15.0. The van der Waals surface area contributed by atoms with E-state index in [0.29, 0.717) is 0 Å². The number of hydrazone groups is 1. The van der Waals surface area contributed by atoms with Gasteiger partial charge in [-0.2, -0.15) is 5.10 Å². The molecule has 2 aromatic rings. The van der Waals surface area contributed by atoms with E-state index in [1.165, 1.54) is 25.7 Å². The molecule has 0 bridgehead atoms. The van der Waals surface area contributed by atoms with Crippen LogP contribution in [0.15, 0.2) is 41.5 Å². The van der Waals surface area contributed by atoms with Crippen molar-refractivity contribution in [2.24, 2.45) is 5.10 Å². The third kappa shape index (κ3) is 4.38. The molecule has 1 aliphatic rings. The van der Waals surface area contributed by atoms with E-state index in [1.54, 1.807) is 7.11 Å². The van der Waals surface area contributed by atoms with Crippen molar-refractivity contribution < 1.29 is 9.53 Å². The van der Waals surface area contributed by atoms with Gasteiger partial charge < -0.3 is 4.74 Å². The summed E-state index contributed by atoms with van der Waals surface area (Å²) >= 11 is 0. The normalized spacial score (nSPS) is 16.2. The fourth-order valence-electron chi connectivity index (χ4n) is 3.27. The molecule has 132 valence electrons. The Balaban J connectivity index is 1.70. The number of hydrogen-bond donors (Lipinski definition) is 1. The van der Waals surface area contributed by atoms with Crippen molar-refractivity contribution in [2.75, 3.05) is 7.11 Å². The first kappa shape index (κ1) is 17.5. The Morgan fingerprint density at radius 3 is 2.44 bits per heavy atom. The summed E-state index contributed by atoms with van der Waals surface area (Å²) in [7, 11) is 1.66. The van der Waals surface area contributed by atoms with Crippen LogP contribution in [0.2, 0.25) is 0 Å². The fraction of sp³-hybridized carbons (Fsp3) is 0.429. The number of benzene rings is 2. The van der Waals surface area contributed by atoms with Gasteiger partial charge in [0.25, 0.3) is 0 Å². The zero-order chi connectivity index (χ0) is 17.6. The van der Waals surface area contributed by atoms with Gasteiger partial charge in [-0.25, -0.2) is 5.43 Å². The average molecular weight is 338 g/mol. The lowest BCUT2D eigenvalue weighted by molar-refractivity contribution is -0.122. The summed E-state index contributed by atoms with van der Waals surface area (Å²) in [5.41, 5.74) is 4.90. The van der Waals surface area contributed by atoms with Gasteiger partial charge in [0.2, 0.25) is 5.91 Å². The maximum absolute atomic E-state index is 12.5. The van der Waals surface area contributed by atoms with Gasteiger partial charge in [-0.1, -0.05) is 37.1 Å². The lowest BCUT2D eigenvalue weighted by Gasteiger charge is -2.12. The van der Waals surface area contributed by atoms with Crippen LogP contribution in [-0.2, 0) is 4.79 Å². The Labute approximate surface area is 149 Å². The van der Waals surface area contributed by atoms with E-state index in [-0.39, 0.29) is 11.8 Å². The molecule has 0 saturated heterocycles. The van der Waals surface area contributed by atoms with Crippen molar-refractivity contribution in [3.63, 3.8) is 0 Å². The van der Waals surface area contributed by atoms with Gasteiger partial charge in [0.1, 0.15) is 5.75 Å². The third-order valence-electron chi connectivity index (χ3n) is 4.97. The minimum Gasteiger partial charge on any atom is -0.497 e. The highest BCUT2D eigenvalue weighted by molar-refractivity contribution is 5.90. The molecule has 3 rings (SSSR count). The van der Waals surface area contributed by atoms with E-state index < -0.39 is 0 Å². The number of methoxy groups -OCH3 is 1. The number of nitrogens with one attached hydrogen (secondary N) is 1. The number of hydrogen-bond acceptors (Lipinski definition) is 3. The van der Waals surface area contributed by atoms with Crippen LogP contribution in [0.5, 0.6) is 5.75 Å². The monoisotopic (exact) mass is 338 g/mol. The Morgan fingerprint density at radius 2 is 1.72 bits per heavy atom. The minimum atomic E-state index is -0.235. The quantitative estimate of drug-likeness (QED) is 0.644. The molecule has 1 atom stereocenters. The maximum atomic E-state index is 12.5. The van der Waals surface area contributed by atoms with E-state index in [1.807, 2.05) is 37.3 Å². The van der Waals surface area contributed by atoms with Crippen molar-refractivity contribution in [1.82, 2.24) is 5.43 Å². The van der Waals surface area contributed by atoms with Crippen molar-refractivity contribution in [2.45, 2.75) is 51.4 Å². The molecule has 2 aromatic carbocycles. The molecule has 0 radical (unpaired) electrons. The van der Waals surface area contributed by atoms with Crippen LogP contribution >= 0.6 is 0 Å². The molecule has 1 saturated carbocycles. The molecular formula is C21H26N2O2. The van der Waals surface area contributed by atoms with Crippen LogP contribution in [-0.4, -0.2) is 18.7 Å². The second-order valence-corrected chi connectivity index (χ2v) is 6.76. The average Bonchev–Trinajstić information content (AvgIpc) is 2.93. The van der Waals surface area contributed by atoms with E-state index in [9.17, 15) is 4.79 Å². The number of amides is 1. The topological polar surface area (TPSA) is 50.7 Å². The second kappa shape index (κ2) is 8.15. The largest absolute Gasteiger partial charge is 0.497 e. The number of carbonyl (C=O) groups is 1. The Bertz CT molecular complexity index is 773. The molecule has 4 nitrogen and oxygen atoms in total. The van der Waals surface area contributed by atoms with Crippen LogP contribution in [0.1, 0.15) is 56.9 Å². The summed E-state index contributed by atoms with van der Waals surface area (Å²) in [6, 6.07) is 12.1. The van der Waals surface area contributed by atoms with Gasteiger partial charge in [0, 0.05) is 5.71 Å². The number of rotatable bonds is 4. The summed E-state index contributed by atoms with van der Waals surface area (Å²) in [6.07, 6.45) is 6.91. The van der Waals surface area contributed by atoms with Gasteiger partial charge >= 0.3 is 0 Å². The molecule has 0 spiro atoms. The van der Waals surface area contributed by atoms with Crippen molar-refractivity contribution in [3.05, 3.63) is 42.0 Å². The first-order chi connectivity index (χ1) is 12.2.